The fraction of sp³-hybridized carbons (Fsp3) is 0. The van der Waals surface area contributed by atoms with Crippen LogP contribution in [0.4, 0.5) is 0 Å². The highest BCUT2D eigenvalue weighted by atomic mass is 16.3. The minimum Gasteiger partial charge on any atom is -0.455 e. The second kappa shape index (κ2) is 13.0. The fourth-order valence-corrected chi connectivity index (χ4v) is 7.53. The molecule has 0 radical (unpaired) electrons. The summed E-state index contributed by atoms with van der Waals surface area (Å²) in [4.78, 5) is 14.9. The summed E-state index contributed by atoms with van der Waals surface area (Å²) < 4.78 is 61.4. The lowest BCUT2D eigenvalue weighted by atomic mass is 10.0. The monoisotopic (exact) mass is 722 g/mol. The summed E-state index contributed by atoms with van der Waals surface area (Å²) in [5, 5.41) is 1.97. The Bertz CT molecular complexity index is 3500. The molecular weight excluding hydrogens is 685 g/mol. The van der Waals surface area contributed by atoms with Gasteiger partial charge in [-0.1, -0.05) is 158 Å². The van der Waals surface area contributed by atoms with Crippen molar-refractivity contribution < 1.29 is 12.6 Å². The van der Waals surface area contributed by atoms with E-state index >= 15 is 0 Å². The van der Waals surface area contributed by atoms with Gasteiger partial charge in [0.05, 0.1) is 19.3 Å². The van der Waals surface area contributed by atoms with Crippen LogP contribution in [0.3, 0.4) is 0 Å². The molecule has 5 heteroatoms. The van der Waals surface area contributed by atoms with Crippen LogP contribution in [0.5, 0.6) is 0 Å². The molecule has 8 aromatic carbocycles. The lowest BCUT2D eigenvalue weighted by molar-refractivity contribution is 0.670. The molecule has 3 heterocycles. The minimum atomic E-state index is -0.165. The molecule has 0 amide bonds. The van der Waals surface area contributed by atoms with Crippen molar-refractivity contribution in [3.63, 3.8) is 0 Å². The standard InChI is InChI=1S/C51H32N4O/c1-4-14-33(15-5-1)34-24-26-37(27-25-34)50-52-49(36-18-8-3-9-19-36)53-51(54-50)38-28-29-42-44-32-39(31-43(35-16-6-2-7-17-35)48(44)56-47(42)30-38)55-45-22-12-10-20-40(45)41-21-11-13-23-46(41)55/h1-32H/i10D,11D,20D,21D,22D,23D. The van der Waals surface area contributed by atoms with Crippen LogP contribution in [-0.4, -0.2) is 19.5 Å². The van der Waals surface area contributed by atoms with Gasteiger partial charge in [0.15, 0.2) is 17.5 Å². The Balaban J connectivity index is 1.13. The quantitative estimate of drug-likeness (QED) is 0.171. The van der Waals surface area contributed by atoms with E-state index in [0.717, 1.165) is 49.7 Å². The van der Waals surface area contributed by atoms with Crippen molar-refractivity contribution in [1.29, 1.82) is 0 Å². The summed E-state index contributed by atoms with van der Waals surface area (Å²) in [7, 11) is 0. The number of aromatic nitrogens is 4. The summed E-state index contributed by atoms with van der Waals surface area (Å²) >= 11 is 0. The Kier molecular flexibility index (Phi) is 6.10. The lowest BCUT2D eigenvalue weighted by Crippen LogP contribution is -2.00. The third-order valence-corrected chi connectivity index (χ3v) is 10.2. The minimum absolute atomic E-state index is 0.0238. The first-order chi connectivity index (χ1) is 30.2. The van der Waals surface area contributed by atoms with Gasteiger partial charge in [-0.05, 0) is 53.0 Å². The normalized spacial score (nSPS) is 13.1. The molecule has 56 heavy (non-hydrogen) atoms. The topological polar surface area (TPSA) is 56.7 Å². The predicted octanol–water partition coefficient (Wildman–Crippen LogP) is 13.2. The number of fused-ring (bicyclic) bond motifs is 6. The van der Waals surface area contributed by atoms with Crippen molar-refractivity contribution in [3.05, 3.63) is 194 Å². The fourth-order valence-electron chi connectivity index (χ4n) is 7.53. The van der Waals surface area contributed by atoms with Crippen LogP contribution in [0, 0.1) is 0 Å². The SMILES string of the molecule is [2H]c1cc([2H])c2c(c1[2H])c1c([2H])c([2H])cc([2H])c1n2-c1cc(-c2ccccc2)c2oc3cc(-c4nc(-c5ccccc5)nc(-c5ccc(-c6ccccc6)cc5)n4)ccc3c2c1. The summed E-state index contributed by atoms with van der Waals surface area (Å²) in [6.45, 7) is 0. The van der Waals surface area contributed by atoms with E-state index < -0.39 is 0 Å². The Morgan fingerprint density at radius 1 is 0.411 bits per heavy atom. The second-order valence-corrected chi connectivity index (χ2v) is 13.6. The zero-order chi connectivity index (χ0) is 42.2. The maximum Gasteiger partial charge on any atom is 0.164 e. The van der Waals surface area contributed by atoms with E-state index in [2.05, 4.69) is 24.3 Å². The largest absolute Gasteiger partial charge is 0.455 e. The molecule has 0 spiro atoms. The van der Waals surface area contributed by atoms with Gasteiger partial charge in [-0.2, -0.15) is 0 Å². The second-order valence-electron chi connectivity index (χ2n) is 13.6. The molecular formula is C51H32N4O. The van der Waals surface area contributed by atoms with E-state index in [4.69, 9.17) is 27.6 Å². The Morgan fingerprint density at radius 2 is 0.911 bits per heavy atom. The van der Waals surface area contributed by atoms with Crippen molar-refractivity contribution >= 4 is 43.7 Å². The maximum absolute atomic E-state index is 9.06. The molecule has 0 aliphatic carbocycles. The van der Waals surface area contributed by atoms with Crippen LogP contribution < -0.4 is 0 Å². The molecule has 3 aromatic heterocycles. The number of hydrogen-bond donors (Lipinski definition) is 0. The van der Waals surface area contributed by atoms with Gasteiger partial charge in [0, 0.05) is 49.5 Å². The van der Waals surface area contributed by atoms with E-state index in [1.165, 1.54) is 12.1 Å². The van der Waals surface area contributed by atoms with Crippen molar-refractivity contribution in [2.24, 2.45) is 0 Å². The average Bonchev–Trinajstić information content (AvgIpc) is 3.88. The maximum atomic E-state index is 9.06. The summed E-state index contributed by atoms with van der Waals surface area (Å²) in [6, 6.07) is 49.7. The van der Waals surface area contributed by atoms with Crippen LogP contribution in [0.25, 0.3) is 106 Å². The number of nitrogens with zero attached hydrogens (tertiary/aromatic N) is 4. The molecule has 5 nitrogen and oxygen atoms in total. The summed E-state index contributed by atoms with van der Waals surface area (Å²) in [6.07, 6.45) is 0. The van der Waals surface area contributed by atoms with Crippen LogP contribution in [0.15, 0.2) is 198 Å². The number of hydrogen-bond acceptors (Lipinski definition) is 4. The van der Waals surface area contributed by atoms with Gasteiger partial charge in [-0.25, -0.2) is 15.0 Å². The van der Waals surface area contributed by atoms with Gasteiger partial charge >= 0.3 is 0 Å². The van der Waals surface area contributed by atoms with E-state index in [-0.39, 0.29) is 58.1 Å². The number of furan rings is 1. The van der Waals surface area contributed by atoms with Gasteiger partial charge in [0.2, 0.25) is 0 Å². The molecule has 11 aromatic rings. The first kappa shape index (κ1) is 26.2. The molecule has 0 saturated carbocycles. The van der Waals surface area contributed by atoms with E-state index in [9.17, 15) is 0 Å². The zero-order valence-electron chi connectivity index (χ0n) is 35.7. The zero-order valence-corrected chi connectivity index (χ0v) is 29.7. The third kappa shape index (κ3) is 5.37. The summed E-state index contributed by atoms with van der Waals surface area (Å²) in [5.41, 5.74) is 8.62. The molecule has 262 valence electrons. The summed E-state index contributed by atoms with van der Waals surface area (Å²) in [5.74, 6) is 1.54. The van der Waals surface area contributed by atoms with Crippen molar-refractivity contribution in [2.45, 2.75) is 0 Å². The molecule has 0 saturated heterocycles. The molecule has 0 unspecified atom stereocenters. The van der Waals surface area contributed by atoms with Gasteiger partial charge in [0.25, 0.3) is 0 Å². The van der Waals surface area contributed by atoms with E-state index in [1.807, 2.05) is 121 Å². The van der Waals surface area contributed by atoms with Gasteiger partial charge in [0.1, 0.15) is 11.2 Å². The molecule has 0 atom stereocenters. The Labute approximate surface area is 331 Å². The first-order valence-corrected chi connectivity index (χ1v) is 18.3. The Hall–Kier alpha value is -7.63. The molecule has 11 rings (SSSR count). The predicted molar refractivity (Wildman–Crippen MR) is 229 cm³/mol. The van der Waals surface area contributed by atoms with E-state index in [1.54, 1.807) is 4.57 Å². The lowest BCUT2D eigenvalue weighted by Gasteiger charge is -2.11. The smallest absolute Gasteiger partial charge is 0.164 e. The van der Waals surface area contributed by atoms with E-state index in [0.29, 0.717) is 34.3 Å². The third-order valence-electron chi connectivity index (χ3n) is 10.2. The Morgan fingerprint density at radius 3 is 1.54 bits per heavy atom. The van der Waals surface area contributed by atoms with Crippen molar-refractivity contribution in [1.82, 2.24) is 19.5 Å². The van der Waals surface area contributed by atoms with Crippen LogP contribution in [-0.2, 0) is 0 Å². The average molecular weight is 723 g/mol. The first-order valence-electron chi connectivity index (χ1n) is 21.3. The molecule has 0 fully saturated rings. The number of para-hydroxylation sites is 2. The molecule has 0 aliphatic rings. The van der Waals surface area contributed by atoms with Crippen LogP contribution in [0.1, 0.15) is 8.22 Å². The number of benzene rings is 8. The highest BCUT2D eigenvalue weighted by Crippen LogP contribution is 2.41. The van der Waals surface area contributed by atoms with Crippen LogP contribution in [0.2, 0.25) is 0 Å². The molecule has 0 bridgehead atoms. The highest BCUT2D eigenvalue weighted by molar-refractivity contribution is 6.13. The van der Waals surface area contributed by atoms with Gasteiger partial charge in [-0.15, -0.1) is 0 Å². The molecule has 0 N–H and O–H groups in total. The van der Waals surface area contributed by atoms with Crippen molar-refractivity contribution in [2.75, 3.05) is 0 Å². The van der Waals surface area contributed by atoms with Gasteiger partial charge in [-0.3, -0.25) is 0 Å². The number of rotatable bonds is 6. The van der Waals surface area contributed by atoms with Crippen LogP contribution >= 0.6 is 0 Å². The van der Waals surface area contributed by atoms with Crippen molar-refractivity contribution in [3.8, 4) is 62.1 Å². The highest BCUT2D eigenvalue weighted by Gasteiger charge is 2.20. The van der Waals surface area contributed by atoms with Gasteiger partial charge < -0.3 is 8.98 Å². The molecule has 0 aliphatic heterocycles.